The number of aryl methyl sites for hydroxylation is 2. The first-order valence-corrected chi connectivity index (χ1v) is 7.46. The van der Waals surface area contributed by atoms with Crippen LogP contribution in [0.25, 0.3) is 10.2 Å². The number of nitrogens with zero attached hydrogens (tertiary/aromatic N) is 2. The zero-order valence-corrected chi connectivity index (χ0v) is 12.8. The van der Waals surface area contributed by atoms with Crippen molar-refractivity contribution < 1.29 is 0 Å². The van der Waals surface area contributed by atoms with Crippen molar-refractivity contribution in [3.8, 4) is 0 Å². The molecule has 20 heavy (non-hydrogen) atoms. The Morgan fingerprint density at radius 2 is 2.10 bits per heavy atom. The molecule has 0 unspecified atom stereocenters. The van der Waals surface area contributed by atoms with Crippen molar-refractivity contribution in [2.45, 2.75) is 20.4 Å². The quantitative estimate of drug-likeness (QED) is 0.722. The van der Waals surface area contributed by atoms with Crippen LogP contribution in [0.5, 0.6) is 0 Å². The molecule has 1 aromatic carbocycles. The normalized spacial score (nSPS) is 11.2. The van der Waals surface area contributed by atoms with Crippen molar-refractivity contribution in [3.05, 3.63) is 62.0 Å². The molecule has 2 heterocycles. The molecule has 0 amide bonds. The molecule has 3 rings (SSSR count). The third-order valence-electron chi connectivity index (χ3n) is 3.19. The summed E-state index contributed by atoms with van der Waals surface area (Å²) in [5.41, 5.74) is 1.01. The Kier molecular flexibility index (Phi) is 3.36. The Morgan fingerprint density at radius 1 is 1.30 bits per heavy atom. The van der Waals surface area contributed by atoms with Crippen molar-refractivity contribution >= 4 is 33.2 Å². The first kappa shape index (κ1) is 13.3. The lowest BCUT2D eigenvalue weighted by molar-refractivity contribution is 0.714. The molecule has 0 spiro atoms. The second-order valence-corrected chi connectivity index (χ2v) is 6.43. The van der Waals surface area contributed by atoms with Gasteiger partial charge < -0.3 is 0 Å². The summed E-state index contributed by atoms with van der Waals surface area (Å²) in [6.07, 6.45) is 0. The molecule has 0 aliphatic rings. The Balaban J connectivity index is 2.14. The van der Waals surface area contributed by atoms with Gasteiger partial charge in [-0.3, -0.25) is 9.36 Å². The van der Waals surface area contributed by atoms with E-state index in [4.69, 9.17) is 11.6 Å². The van der Waals surface area contributed by atoms with Crippen LogP contribution >= 0.6 is 22.9 Å². The minimum atomic E-state index is 0.0109. The summed E-state index contributed by atoms with van der Waals surface area (Å²) in [4.78, 5) is 19.0. The van der Waals surface area contributed by atoms with Crippen LogP contribution in [0.4, 0.5) is 0 Å². The summed E-state index contributed by atoms with van der Waals surface area (Å²) in [6.45, 7) is 4.34. The fourth-order valence-corrected chi connectivity index (χ4v) is 3.37. The van der Waals surface area contributed by atoms with Gasteiger partial charge in [0, 0.05) is 9.90 Å². The maximum atomic E-state index is 12.5. The maximum Gasteiger partial charge on any atom is 0.262 e. The van der Waals surface area contributed by atoms with E-state index in [9.17, 15) is 4.79 Å². The largest absolute Gasteiger partial charge is 0.292 e. The van der Waals surface area contributed by atoms with Crippen LogP contribution < -0.4 is 5.56 Å². The van der Waals surface area contributed by atoms with Crippen LogP contribution in [0.2, 0.25) is 5.02 Å². The molecule has 5 heteroatoms. The Bertz CT molecular complexity index is 851. The lowest BCUT2D eigenvalue weighted by Crippen LogP contribution is -2.23. The van der Waals surface area contributed by atoms with E-state index in [-0.39, 0.29) is 5.56 Å². The standard InChI is InChI=1S/C15H13ClN2OS/c1-9-6-13-14(20-9)17-10(2)18(15(13)19)8-11-4-3-5-12(16)7-11/h3-7H,8H2,1-2H3. The van der Waals surface area contributed by atoms with Gasteiger partial charge in [-0.15, -0.1) is 11.3 Å². The van der Waals surface area contributed by atoms with Crippen LogP contribution in [-0.2, 0) is 6.54 Å². The number of halogens is 1. The molecule has 0 saturated carbocycles. The van der Waals surface area contributed by atoms with Gasteiger partial charge in [-0.05, 0) is 37.6 Å². The molecule has 0 radical (unpaired) electrons. The van der Waals surface area contributed by atoms with Crippen molar-refractivity contribution in [3.63, 3.8) is 0 Å². The minimum absolute atomic E-state index is 0.0109. The second-order valence-electron chi connectivity index (χ2n) is 4.76. The Morgan fingerprint density at radius 3 is 2.85 bits per heavy atom. The molecule has 0 fully saturated rings. The van der Waals surface area contributed by atoms with E-state index in [1.54, 1.807) is 15.9 Å². The monoisotopic (exact) mass is 304 g/mol. The van der Waals surface area contributed by atoms with Crippen molar-refractivity contribution in [1.82, 2.24) is 9.55 Å². The van der Waals surface area contributed by atoms with Gasteiger partial charge in [0.15, 0.2) is 0 Å². The molecular formula is C15H13ClN2OS. The highest BCUT2D eigenvalue weighted by atomic mass is 35.5. The molecule has 0 N–H and O–H groups in total. The Labute approximate surface area is 125 Å². The topological polar surface area (TPSA) is 34.9 Å². The number of benzene rings is 1. The van der Waals surface area contributed by atoms with E-state index in [0.29, 0.717) is 17.0 Å². The molecule has 3 aromatic rings. The van der Waals surface area contributed by atoms with Gasteiger partial charge in [-0.25, -0.2) is 4.98 Å². The zero-order valence-electron chi connectivity index (χ0n) is 11.2. The van der Waals surface area contributed by atoms with Crippen LogP contribution in [0.1, 0.15) is 16.3 Å². The number of hydrogen-bond donors (Lipinski definition) is 0. The predicted octanol–water partition coefficient (Wildman–Crippen LogP) is 3.78. The van der Waals surface area contributed by atoms with E-state index in [1.807, 2.05) is 44.2 Å². The molecular weight excluding hydrogens is 292 g/mol. The lowest BCUT2D eigenvalue weighted by atomic mass is 10.2. The van der Waals surface area contributed by atoms with Crippen LogP contribution in [-0.4, -0.2) is 9.55 Å². The molecule has 0 saturated heterocycles. The van der Waals surface area contributed by atoms with Gasteiger partial charge in [-0.1, -0.05) is 23.7 Å². The molecule has 0 aliphatic carbocycles. The third-order valence-corrected chi connectivity index (χ3v) is 4.37. The Hall–Kier alpha value is -1.65. The first-order valence-electron chi connectivity index (χ1n) is 6.26. The second kappa shape index (κ2) is 5.04. The third kappa shape index (κ3) is 2.37. The van der Waals surface area contributed by atoms with Crippen molar-refractivity contribution in [1.29, 1.82) is 0 Å². The van der Waals surface area contributed by atoms with Gasteiger partial charge in [0.25, 0.3) is 5.56 Å². The van der Waals surface area contributed by atoms with Crippen LogP contribution in [0.3, 0.4) is 0 Å². The maximum absolute atomic E-state index is 12.5. The van der Waals surface area contributed by atoms with E-state index in [1.165, 1.54) is 0 Å². The lowest BCUT2D eigenvalue weighted by Gasteiger charge is -2.09. The fourth-order valence-electron chi connectivity index (χ4n) is 2.24. The number of rotatable bonds is 2. The van der Waals surface area contributed by atoms with Gasteiger partial charge in [0.05, 0.1) is 11.9 Å². The molecule has 0 bridgehead atoms. The average Bonchev–Trinajstić information content (AvgIpc) is 2.75. The molecule has 2 aromatic heterocycles. The highest BCUT2D eigenvalue weighted by molar-refractivity contribution is 7.18. The minimum Gasteiger partial charge on any atom is -0.292 e. The first-order chi connectivity index (χ1) is 9.54. The highest BCUT2D eigenvalue weighted by Gasteiger charge is 2.11. The zero-order chi connectivity index (χ0) is 14.3. The van der Waals surface area contributed by atoms with Crippen molar-refractivity contribution in [2.24, 2.45) is 0 Å². The summed E-state index contributed by atoms with van der Waals surface area (Å²) < 4.78 is 1.69. The number of aromatic nitrogens is 2. The van der Waals surface area contributed by atoms with E-state index >= 15 is 0 Å². The number of hydrogen-bond acceptors (Lipinski definition) is 3. The highest BCUT2D eigenvalue weighted by Crippen LogP contribution is 2.21. The summed E-state index contributed by atoms with van der Waals surface area (Å²) in [5, 5.41) is 1.37. The van der Waals surface area contributed by atoms with Crippen molar-refractivity contribution in [2.75, 3.05) is 0 Å². The summed E-state index contributed by atoms with van der Waals surface area (Å²) in [6, 6.07) is 9.45. The predicted molar refractivity (Wildman–Crippen MR) is 83.9 cm³/mol. The van der Waals surface area contributed by atoms with Crippen LogP contribution in [0, 0.1) is 13.8 Å². The fraction of sp³-hybridized carbons (Fsp3) is 0.200. The summed E-state index contributed by atoms with van der Waals surface area (Å²) in [7, 11) is 0. The molecule has 3 nitrogen and oxygen atoms in total. The summed E-state index contributed by atoms with van der Waals surface area (Å²) in [5.74, 6) is 0.726. The van der Waals surface area contributed by atoms with E-state index in [0.717, 1.165) is 21.1 Å². The van der Waals surface area contributed by atoms with Gasteiger partial charge in [0.2, 0.25) is 0 Å². The number of thiophene rings is 1. The van der Waals surface area contributed by atoms with Gasteiger partial charge >= 0.3 is 0 Å². The molecule has 0 aliphatic heterocycles. The smallest absolute Gasteiger partial charge is 0.262 e. The SMILES string of the molecule is Cc1cc2c(=O)n(Cc3cccc(Cl)c3)c(C)nc2s1. The average molecular weight is 305 g/mol. The van der Waals surface area contributed by atoms with Gasteiger partial charge in [-0.2, -0.15) is 0 Å². The van der Waals surface area contributed by atoms with Gasteiger partial charge in [0.1, 0.15) is 10.7 Å². The van der Waals surface area contributed by atoms with E-state index < -0.39 is 0 Å². The van der Waals surface area contributed by atoms with Crippen LogP contribution in [0.15, 0.2) is 35.1 Å². The van der Waals surface area contributed by atoms with E-state index in [2.05, 4.69) is 4.98 Å². The number of fused-ring (bicyclic) bond motifs is 1. The molecule has 102 valence electrons. The molecule has 0 atom stereocenters. The summed E-state index contributed by atoms with van der Waals surface area (Å²) >= 11 is 7.54.